The van der Waals surface area contributed by atoms with Gasteiger partial charge < -0.3 is 19.7 Å². The largest absolute Gasteiger partial charge is 0.496 e. The molecule has 1 aromatic rings. The van der Waals surface area contributed by atoms with E-state index in [9.17, 15) is 15.0 Å². The number of hydrogen-bond donors (Lipinski definition) is 2. The van der Waals surface area contributed by atoms with Crippen molar-refractivity contribution in [1.29, 1.82) is 0 Å². The molecule has 2 N–H and O–H groups in total. The van der Waals surface area contributed by atoms with Crippen LogP contribution < -0.4 is 9.47 Å². The molecular weight excluding hydrogens is 260 g/mol. The highest BCUT2D eigenvalue weighted by Crippen LogP contribution is 2.41. The van der Waals surface area contributed by atoms with Gasteiger partial charge in [-0.3, -0.25) is 4.79 Å². The van der Waals surface area contributed by atoms with E-state index in [2.05, 4.69) is 0 Å². The molecule has 110 valence electrons. The molecule has 1 aliphatic heterocycles. The summed E-state index contributed by atoms with van der Waals surface area (Å²) in [4.78, 5) is 11.5. The van der Waals surface area contributed by atoms with Crippen molar-refractivity contribution in [2.75, 3.05) is 7.11 Å². The van der Waals surface area contributed by atoms with Gasteiger partial charge in [-0.15, -0.1) is 0 Å². The van der Waals surface area contributed by atoms with Crippen molar-refractivity contribution in [3.05, 3.63) is 23.3 Å². The highest BCUT2D eigenvalue weighted by molar-refractivity contribution is 5.76. The zero-order valence-electron chi connectivity index (χ0n) is 11.9. The van der Waals surface area contributed by atoms with E-state index in [0.29, 0.717) is 29.9 Å². The molecule has 5 heteroatoms. The summed E-state index contributed by atoms with van der Waals surface area (Å²) >= 11 is 0. The first-order chi connectivity index (χ1) is 9.45. The fourth-order valence-electron chi connectivity index (χ4n) is 2.34. The van der Waals surface area contributed by atoms with Gasteiger partial charge in [0.1, 0.15) is 17.6 Å². The van der Waals surface area contributed by atoms with Crippen LogP contribution in [0.5, 0.6) is 11.5 Å². The Hall–Kier alpha value is -1.59. The third-order valence-corrected chi connectivity index (χ3v) is 3.57. The predicted octanol–water partition coefficient (Wildman–Crippen LogP) is 1.60. The average molecular weight is 280 g/mol. The van der Waals surface area contributed by atoms with Crippen LogP contribution in [-0.2, 0) is 11.2 Å². The molecule has 0 aromatic heterocycles. The summed E-state index contributed by atoms with van der Waals surface area (Å²) in [5.41, 5.74) is 1.19. The molecule has 0 unspecified atom stereocenters. The zero-order chi connectivity index (χ0) is 14.9. The molecule has 0 aliphatic carbocycles. The summed E-state index contributed by atoms with van der Waals surface area (Å²) in [6.45, 7) is 3.61. The summed E-state index contributed by atoms with van der Waals surface area (Å²) in [5, 5.41) is 20.5. The second-order valence-electron chi connectivity index (χ2n) is 5.32. The lowest BCUT2D eigenvalue weighted by molar-refractivity contribution is -0.135. The fraction of sp³-hybridized carbons (Fsp3) is 0.533. The van der Waals surface area contributed by atoms with Gasteiger partial charge in [-0.1, -0.05) is 19.9 Å². The van der Waals surface area contributed by atoms with E-state index >= 15 is 0 Å². The summed E-state index contributed by atoms with van der Waals surface area (Å²) < 4.78 is 10.5. The molecule has 0 bridgehead atoms. The minimum Gasteiger partial charge on any atom is -0.496 e. The number of methoxy groups -OCH3 is 1. The van der Waals surface area contributed by atoms with Gasteiger partial charge in [0, 0.05) is 0 Å². The maximum atomic E-state index is 11.5. The zero-order valence-corrected chi connectivity index (χ0v) is 11.9. The van der Waals surface area contributed by atoms with Gasteiger partial charge in [-0.25, -0.2) is 0 Å². The van der Waals surface area contributed by atoms with Gasteiger partial charge >= 0.3 is 5.97 Å². The molecule has 0 amide bonds. The van der Waals surface area contributed by atoms with E-state index in [0.717, 1.165) is 5.56 Å². The Balaban J connectivity index is 2.51. The molecule has 1 heterocycles. The minimum atomic E-state index is -1.16. The first-order valence-electron chi connectivity index (χ1n) is 6.72. The molecule has 1 aliphatic rings. The maximum absolute atomic E-state index is 11.5. The van der Waals surface area contributed by atoms with Crippen LogP contribution in [-0.4, -0.2) is 29.4 Å². The number of aryl methyl sites for hydroxylation is 1. The Morgan fingerprint density at radius 3 is 2.55 bits per heavy atom. The van der Waals surface area contributed by atoms with Gasteiger partial charge in [0.25, 0.3) is 0 Å². The summed E-state index contributed by atoms with van der Waals surface area (Å²) in [5.74, 6) is 0.265. The fourth-order valence-corrected chi connectivity index (χ4v) is 2.34. The second kappa shape index (κ2) is 5.81. The number of esters is 1. The van der Waals surface area contributed by atoms with Crippen LogP contribution in [0.1, 0.15) is 37.5 Å². The molecule has 0 saturated carbocycles. The van der Waals surface area contributed by atoms with E-state index in [1.807, 2.05) is 19.9 Å². The molecule has 0 spiro atoms. The summed E-state index contributed by atoms with van der Waals surface area (Å²) in [6, 6.07) is 3.54. The van der Waals surface area contributed by atoms with Gasteiger partial charge in [0.2, 0.25) is 0 Å². The summed E-state index contributed by atoms with van der Waals surface area (Å²) in [7, 11) is 1.48. The molecule has 5 nitrogen and oxygen atoms in total. The van der Waals surface area contributed by atoms with Crippen molar-refractivity contribution < 1.29 is 24.5 Å². The first-order valence-corrected chi connectivity index (χ1v) is 6.72. The van der Waals surface area contributed by atoms with Crippen LogP contribution in [0.25, 0.3) is 0 Å². The van der Waals surface area contributed by atoms with Crippen LogP contribution in [0.15, 0.2) is 12.1 Å². The highest BCUT2D eigenvalue weighted by Gasteiger charge is 2.31. The molecule has 20 heavy (non-hydrogen) atoms. The molecule has 0 fully saturated rings. The van der Waals surface area contributed by atoms with Crippen LogP contribution in [0, 0.1) is 5.92 Å². The topological polar surface area (TPSA) is 76.0 Å². The number of rotatable bonds is 4. The third kappa shape index (κ3) is 2.64. The Labute approximate surface area is 118 Å². The van der Waals surface area contributed by atoms with Crippen molar-refractivity contribution >= 4 is 5.97 Å². The van der Waals surface area contributed by atoms with Gasteiger partial charge in [-0.2, -0.15) is 0 Å². The average Bonchev–Trinajstić information content (AvgIpc) is 2.44. The third-order valence-electron chi connectivity index (χ3n) is 3.57. The van der Waals surface area contributed by atoms with Crippen LogP contribution in [0.4, 0.5) is 0 Å². The van der Waals surface area contributed by atoms with E-state index in [1.165, 1.54) is 7.11 Å². The molecule has 0 radical (unpaired) electrons. The maximum Gasteiger partial charge on any atom is 0.311 e. The van der Waals surface area contributed by atoms with E-state index in [1.54, 1.807) is 6.07 Å². The Morgan fingerprint density at radius 2 is 1.95 bits per heavy atom. The predicted molar refractivity (Wildman–Crippen MR) is 72.8 cm³/mol. The smallest absolute Gasteiger partial charge is 0.311 e. The van der Waals surface area contributed by atoms with Crippen molar-refractivity contribution in [2.45, 2.75) is 38.9 Å². The van der Waals surface area contributed by atoms with Crippen LogP contribution in [0.3, 0.4) is 0 Å². The number of carbonyl (C=O) groups excluding carboxylic acids is 1. The molecular formula is C15H20O5. The lowest BCUT2D eigenvalue weighted by atomic mass is 9.91. The van der Waals surface area contributed by atoms with E-state index in [4.69, 9.17) is 9.47 Å². The van der Waals surface area contributed by atoms with Crippen molar-refractivity contribution in [3.8, 4) is 11.5 Å². The molecule has 2 rings (SSSR count). The summed E-state index contributed by atoms with van der Waals surface area (Å²) in [6.07, 6.45) is -1.24. The Kier molecular flexibility index (Phi) is 4.30. The lowest BCUT2D eigenvalue weighted by Crippen LogP contribution is -2.26. The normalized spacial score (nSPS) is 17.4. The van der Waals surface area contributed by atoms with Crippen molar-refractivity contribution in [2.24, 2.45) is 5.92 Å². The number of aliphatic hydroxyl groups excluding tert-OH is 2. The molecule has 2 atom stereocenters. The SMILES string of the molecule is COc1ccc2c(c1[C@@H](O)[C@H](O)C(C)C)OC(=O)CC2. The monoisotopic (exact) mass is 280 g/mol. The van der Waals surface area contributed by atoms with Crippen LogP contribution in [0.2, 0.25) is 0 Å². The number of benzene rings is 1. The lowest BCUT2D eigenvalue weighted by Gasteiger charge is -2.27. The Bertz CT molecular complexity index is 509. The van der Waals surface area contributed by atoms with Gasteiger partial charge in [0.15, 0.2) is 0 Å². The second-order valence-corrected chi connectivity index (χ2v) is 5.32. The van der Waals surface area contributed by atoms with E-state index < -0.39 is 12.2 Å². The molecule has 0 saturated heterocycles. The number of ether oxygens (including phenoxy) is 2. The van der Waals surface area contributed by atoms with Crippen LogP contribution >= 0.6 is 0 Å². The number of hydrogen-bond acceptors (Lipinski definition) is 5. The van der Waals surface area contributed by atoms with Crippen molar-refractivity contribution in [3.63, 3.8) is 0 Å². The quantitative estimate of drug-likeness (QED) is 0.647. The standard InChI is InChI=1S/C15H20O5/c1-8(2)13(17)14(18)12-10(19-3)6-4-9-5-7-11(16)20-15(9)12/h4,6,8,13-14,17-18H,5,7H2,1-3H3/t13-,14-/m1/s1. The first kappa shape index (κ1) is 14.8. The number of carbonyl (C=O) groups is 1. The van der Waals surface area contributed by atoms with Gasteiger partial charge in [0.05, 0.1) is 25.2 Å². The minimum absolute atomic E-state index is 0.134. The van der Waals surface area contributed by atoms with E-state index in [-0.39, 0.29) is 11.9 Å². The number of fused-ring (bicyclic) bond motifs is 1. The Morgan fingerprint density at radius 1 is 1.25 bits per heavy atom. The highest BCUT2D eigenvalue weighted by atomic mass is 16.5. The molecule has 1 aromatic carbocycles. The number of aliphatic hydroxyl groups is 2. The van der Waals surface area contributed by atoms with Crippen molar-refractivity contribution in [1.82, 2.24) is 0 Å². The van der Waals surface area contributed by atoms with Gasteiger partial charge in [-0.05, 0) is 24.0 Å².